The standard InChI is InChI=1S/C20H23N3O5/c21-14-20(9-4-1-5-10-20)22-17(24)12-28-19(26)8-11-23-15-6-2-3-7-16(15)27-13-18(23)25/h2-3,6-7H,1,4-5,8-13H2,(H,22,24). The molecule has 0 spiro atoms. The van der Waals surface area contributed by atoms with Crippen molar-refractivity contribution in [1.82, 2.24) is 5.32 Å². The lowest BCUT2D eigenvalue weighted by molar-refractivity contribution is -0.148. The molecule has 148 valence electrons. The van der Waals surface area contributed by atoms with Crippen molar-refractivity contribution in [3.8, 4) is 11.8 Å². The van der Waals surface area contributed by atoms with Crippen LogP contribution in [-0.2, 0) is 19.1 Å². The van der Waals surface area contributed by atoms with Gasteiger partial charge < -0.3 is 19.7 Å². The number of rotatable bonds is 6. The van der Waals surface area contributed by atoms with Gasteiger partial charge in [0.05, 0.1) is 18.2 Å². The zero-order valence-corrected chi connectivity index (χ0v) is 15.6. The van der Waals surface area contributed by atoms with Gasteiger partial charge in [0.15, 0.2) is 13.2 Å². The number of hydrogen-bond acceptors (Lipinski definition) is 6. The summed E-state index contributed by atoms with van der Waals surface area (Å²) >= 11 is 0. The number of para-hydroxylation sites is 2. The number of carbonyl (C=O) groups excluding carboxylic acids is 3. The number of fused-ring (bicyclic) bond motifs is 1. The fourth-order valence-electron chi connectivity index (χ4n) is 3.54. The van der Waals surface area contributed by atoms with Gasteiger partial charge in [-0.2, -0.15) is 5.26 Å². The lowest BCUT2D eigenvalue weighted by Crippen LogP contribution is -2.50. The van der Waals surface area contributed by atoms with Crippen LogP contribution in [0.1, 0.15) is 38.5 Å². The molecule has 1 fully saturated rings. The Hall–Kier alpha value is -3.08. The fraction of sp³-hybridized carbons (Fsp3) is 0.500. The van der Waals surface area contributed by atoms with Crippen LogP contribution >= 0.6 is 0 Å². The molecule has 0 aromatic heterocycles. The van der Waals surface area contributed by atoms with Crippen LogP contribution in [0.4, 0.5) is 5.69 Å². The molecule has 0 saturated heterocycles. The van der Waals surface area contributed by atoms with Crippen LogP contribution in [0.25, 0.3) is 0 Å². The minimum absolute atomic E-state index is 0.0449. The smallest absolute Gasteiger partial charge is 0.308 e. The fourth-order valence-corrected chi connectivity index (χ4v) is 3.54. The number of hydrogen-bond donors (Lipinski definition) is 1. The molecule has 1 saturated carbocycles. The first-order valence-corrected chi connectivity index (χ1v) is 9.43. The molecule has 0 bridgehead atoms. The maximum Gasteiger partial charge on any atom is 0.308 e. The van der Waals surface area contributed by atoms with Crippen molar-refractivity contribution < 1.29 is 23.9 Å². The number of nitrogens with one attached hydrogen (secondary N) is 1. The highest BCUT2D eigenvalue weighted by molar-refractivity contribution is 5.98. The number of carbonyl (C=O) groups is 3. The van der Waals surface area contributed by atoms with E-state index >= 15 is 0 Å². The Kier molecular flexibility index (Phi) is 6.14. The molecule has 1 aromatic rings. The minimum Gasteiger partial charge on any atom is -0.482 e. The summed E-state index contributed by atoms with van der Waals surface area (Å²) < 4.78 is 10.4. The predicted octanol–water partition coefficient (Wildman–Crippen LogP) is 1.69. The van der Waals surface area contributed by atoms with Crippen LogP contribution in [0, 0.1) is 11.3 Å². The average Bonchev–Trinajstić information content (AvgIpc) is 2.72. The van der Waals surface area contributed by atoms with Crippen molar-refractivity contribution in [3.63, 3.8) is 0 Å². The lowest BCUT2D eigenvalue weighted by Gasteiger charge is -2.31. The van der Waals surface area contributed by atoms with E-state index < -0.39 is 24.0 Å². The van der Waals surface area contributed by atoms with E-state index in [1.54, 1.807) is 24.3 Å². The highest BCUT2D eigenvalue weighted by Crippen LogP contribution is 2.31. The van der Waals surface area contributed by atoms with E-state index in [2.05, 4.69) is 11.4 Å². The Morgan fingerprint density at radius 3 is 2.75 bits per heavy atom. The molecule has 1 heterocycles. The number of amides is 2. The van der Waals surface area contributed by atoms with Gasteiger partial charge >= 0.3 is 5.97 Å². The Balaban J connectivity index is 1.47. The topological polar surface area (TPSA) is 109 Å². The first-order chi connectivity index (χ1) is 13.5. The maximum atomic E-state index is 12.1. The molecule has 1 N–H and O–H groups in total. The molecule has 1 aliphatic heterocycles. The number of esters is 1. The molecule has 3 rings (SSSR count). The summed E-state index contributed by atoms with van der Waals surface area (Å²) in [6.07, 6.45) is 4.02. The first-order valence-electron chi connectivity index (χ1n) is 9.43. The van der Waals surface area contributed by atoms with Crippen molar-refractivity contribution in [3.05, 3.63) is 24.3 Å². The second kappa shape index (κ2) is 8.74. The summed E-state index contributed by atoms with van der Waals surface area (Å²) in [7, 11) is 0. The van der Waals surface area contributed by atoms with Gasteiger partial charge in [-0.3, -0.25) is 14.4 Å². The Morgan fingerprint density at radius 2 is 2.00 bits per heavy atom. The van der Waals surface area contributed by atoms with Gasteiger partial charge in [-0.05, 0) is 25.0 Å². The third-order valence-corrected chi connectivity index (χ3v) is 5.01. The molecule has 0 atom stereocenters. The van der Waals surface area contributed by atoms with Gasteiger partial charge in [0, 0.05) is 6.54 Å². The highest BCUT2D eigenvalue weighted by Gasteiger charge is 2.33. The number of ether oxygens (including phenoxy) is 2. The molecule has 8 nitrogen and oxygen atoms in total. The van der Waals surface area contributed by atoms with E-state index in [0.29, 0.717) is 24.3 Å². The van der Waals surface area contributed by atoms with Gasteiger partial charge in [0.25, 0.3) is 11.8 Å². The van der Waals surface area contributed by atoms with Crippen molar-refractivity contribution in [2.75, 3.05) is 24.7 Å². The Morgan fingerprint density at radius 1 is 1.25 bits per heavy atom. The number of anilines is 1. The third kappa shape index (κ3) is 4.60. The van der Waals surface area contributed by atoms with Crippen LogP contribution in [0.3, 0.4) is 0 Å². The quantitative estimate of drug-likeness (QED) is 0.747. The van der Waals surface area contributed by atoms with Crippen molar-refractivity contribution in [2.24, 2.45) is 0 Å². The number of nitrogens with zero attached hydrogens (tertiary/aromatic N) is 2. The van der Waals surface area contributed by atoms with Crippen molar-refractivity contribution in [2.45, 2.75) is 44.1 Å². The van der Waals surface area contributed by atoms with E-state index in [1.807, 2.05) is 0 Å². The molecule has 2 amide bonds. The second-order valence-electron chi connectivity index (χ2n) is 7.02. The predicted molar refractivity (Wildman–Crippen MR) is 99.4 cm³/mol. The normalized spacial score (nSPS) is 17.7. The summed E-state index contributed by atoms with van der Waals surface area (Å²) in [6.45, 7) is -0.373. The molecule has 28 heavy (non-hydrogen) atoms. The first kappa shape index (κ1) is 19.7. The average molecular weight is 385 g/mol. The molecular formula is C20H23N3O5. The molecule has 0 unspecified atom stereocenters. The number of nitriles is 1. The van der Waals surface area contributed by atoms with E-state index in [1.165, 1.54) is 4.90 Å². The zero-order valence-electron chi connectivity index (χ0n) is 15.6. The van der Waals surface area contributed by atoms with Crippen LogP contribution in [-0.4, -0.2) is 43.1 Å². The molecule has 2 aliphatic rings. The van der Waals surface area contributed by atoms with Crippen molar-refractivity contribution >= 4 is 23.5 Å². The van der Waals surface area contributed by atoms with Gasteiger partial charge in [0.2, 0.25) is 0 Å². The number of benzene rings is 1. The van der Waals surface area contributed by atoms with E-state index in [-0.39, 0.29) is 25.5 Å². The third-order valence-electron chi connectivity index (χ3n) is 5.01. The summed E-state index contributed by atoms with van der Waals surface area (Å²) in [5, 5.41) is 12.1. The Bertz CT molecular complexity index is 795. The van der Waals surface area contributed by atoms with E-state index in [4.69, 9.17) is 9.47 Å². The summed E-state index contributed by atoms with van der Waals surface area (Å²) in [6, 6.07) is 9.28. The summed E-state index contributed by atoms with van der Waals surface area (Å²) in [5.74, 6) is -0.715. The van der Waals surface area contributed by atoms with Crippen LogP contribution in [0.5, 0.6) is 5.75 Å². The summed E-state index contributed by atoms with van der Waals surface area (Å²) in [4.78, 5) is 37.7. The molecule has 0 radical (unpaired) electrons. The Labute approximate surface area is 163 Å². The van der Waals surface area contributed by atoms with Gasteiger partial charge in [-0.15, -0.1) is 0 Å². The molecule has 8 heteroatoms. The summed E-state index contributed by atoms with van der Waals surface area (Å²) in [5.41, 5.74) is -0.247. The van der Waals surface area contributed by atoms with Gasteiger partial charge in [-0.1, -0.05) is 31.4 Å². The maximum absolute atomic E-state index is 12.1. The zero-order chi connectivity index (χ0) is 20.0. The highest BCUT2D eigenvalue weighted by atomic mass is 16.5. The second-order valence-corrected chi connectivity index (χ2v) is 7.02. The van der Waals surface area contributed by atoms with Crippen LogP contribution in [0.15, 0.2) is 24.3 Å². The largest absolute Gasteiger partial charge is 0.482 e. The molecule has 1 aromatic carbocycles. The molecular weight excluding hydrogens is 362 g/mol. The SMILES string of the molecule is N#CC1(NC(=O)COC(=O)CCN2C(=O)COc3ccccc32)CCCCC1. The lowest BCUT2D eigenvalue weighted by atomic mass is 9.83. The molecule has 1 aliphatic carbocycles. The van der Waals surface area contributed by atoms with E-state index in [9.17, 15) is 19.6 Å². The monoisotopic (exact) mass is 385 g/mol. The van der Waals surface area contributed by atoms with E-state index in [0.717, 1.165) is 19.3 Å². The van der Waals surface area contributed by atoms with Crippen molar-refractivity contribution in [1.29, 1.82) is 5.26 Å². The van der Waals surface area contributed by atoms with Gasteiger partial charge in [-0.25, -0.2) is 0 Å². The van der Waals surface area contributed by atoms with Crippen LogP contribution < -0.4 is 15.0 Å². The van der Waals surface area contributed by atoms with Crippen LogP contribution in [0.2, 0.25) is 0 Å². The minimum atomic E-state index is -0.855. The van der Waals surface area contributed by atoms with Gasteiger partial charge in [0.1, 0.15) is 11.3 Å².